The highest BCUT2D eigenvalue weighted by atomic mass is 17.3. The van der Waals surface area contributed by atoms with Crippen LogP contribution in [0.3, 0.4) is 0 Å². The number of rotatable bonds is 4. The monoisotopic (exact) mass is 420 g/mol. The molecule has 7 nitrogen and oxygen atoms in total. The maximum absolute atomic E-state index is 12.3. The molecule has 5 saturated carbocycles. The van der Waals surface area contributed by atoms with Crippen molar-refractivity contribution < 1.29 is 24.4 Å². The number of aliphatic hydroxyl groups is 1. The van der Waals surface area contributed by atoms with Crippen LogP contribution in [0.4, 0.5) is 0 Å². The molecule has 6 atom stereocenters. The largest absolute Gasteiger partial charge is 0.389 e. The maximum atomic E-state index is 12.3. The van der Waals surface area contributed by atoms with Gasteiger partial charge in [0.2, 0.25) is 17.5 Å². The quantitative estimate of drug-likeness (QED) is 0.604. The van der Waals surface area contributed by atoms with Gasteiger partial charge in [-0.15, -0.1) is 0 Å². The first kappa shape index (κ1) is 19.9. The summed E-state index contributed by atoms with van der Waals surface area (Å²) in [7, 11) is 0. The molecule has 6 fully saturated rings. The minimum atomic E-state index is -0.676. The molecule has 6 aliphatic rings. The summed E-state index contributed by atoms with van der Waals surface area (Å²) in [5.74, 6) is 0.267. The Labute approximate surface area is 178 Å². The van der Waals surface area contributed by atoms with Crippen molar-refractivity contribution in [2.45, 2.75) is 101 Å². The van der Waals surface area contributed by atoms with Gasteiger partial charge in [-0.3, -0.25) is 4.79 Å². The lowest BCUT2D eigenvalue weighted by Gasteiger charge is -2.55. The predicted molar refractivity (Wildman–Crippen MR) is 108 cm³/mol. The summed E-state index contributed by atoms with van der Waals surface area (Å²) in [6, 6.07) is 0. The zero-order valence-corrected chi connectivity index (χ0v) is 18.2. The molecule has 30 heavy (non-hydrogen) atoms. The van der Waals surface area contributed by atoms with Crippen LogP contribution in [0.2, 0.25) is 0 Å². The Morgan fingerprint density at radius 1 is 1.10 bits per heavy atom. The van der Waals surface area contributed by atoms with Crippen molar-refractivity contribution in [2.75, 3.05) is 6.54 Å². The number of ether oxygens (including phenoxy) is 1. The van der Waals surface area contributed by atoms with Crippen molar-refractivity contribution in [1.82, 2.24) is 5.32 Å². The average molecular weight is 421 g/mol. The first-order valence-electron chi connectivity index (χ1n) is 11.9. The van der Waals surface area contributed by atoms with Crippen molar-refractivity contribution in [1.29, 1.82) is 0 Å². The SMILES string of the molecule is CC(C)(N)CNC(=O)C[C@H]1CC[C@]2(CC1)OO[C@@]1(O2)C2CC3C[C@@]4(O)CC1CC34C2. The van der Waals surface area contributed by atoms with E-state index >= 15 is 0 Å². The lowest BCUT2D eigenvalue weighted by Crippen LogP contribution is -2.57. The van der Waals surface area contributed by atoms with Crippen LogP contribution in [0.25, 0.3) is 0 Å². The Morgan fingerprint density at radius 2 is 1.80 bits per heavy atom. The summed E-state index contributed by atoms with van der Waals surface area (Å²) < 4.78 is 6.76. The molecule has 1 amide bonds. The van der Waals surface area contributed by atoms with E-state index in [1.165, 1.54) is 0 Å². The zero-order valence-electron chi connectivity index (χ0n) is 18.2. The lowest BCUT2D eigenvalue weighted by atomic mass is 9.53. The molecule has 7 heteroatoms. The van der Waals surface area contributed by atoms with Crippen molar-refractivity contribution in [3.05, 3.63) is 0 Å². The van der Waals surface area contributed by atoms with E-state index < -0.39 is 22.7 Å². The second kappa shape index (κ2) is 5.98. The first-order valence-corrected chi connectivity index (χ1v) is 11.9. The highest BCUT2D eigenvalue weighted by Gasteiger charge is 2.82. The standard InChI is InChI=1S/C23H36N2O5/c1-19(2,24)13-25-18(26)7-14-3-5-22(6-4-14)28-23(30-29-22)16-8-15-11-21(27)12-17(23)10-20(15,21)9-16/h14-17,27H,3-13,24H2,1-2H3,(H,25,26)/t14-,15?,16?,17?,20?,21-,22+,23+/m1/s1. The number of nitrogens with one attached hydrogen (secondary N) is 1. The number of fused-ring (bicyclic) bond motifs is 4. The molecular weight excluding hydrogens is 384 g/mol. The fourth-order valence-corrected chi connectivity index (χ4v) is 8.09. The fraction of sp³-hybridized carbons (Fsp3) is 0.957. The Kier molecular flexibility index (Phi) is 3.97. The smallest absolute Gasteiger partial charge is 0.220 e. The number of hydrogen-bond donors (Lipinski definition) is 3. The van der Waals surface area contributed by atoms with Crippen LogP contribution < -0.4 is 11.1 Å². The molecular formula is C23H36N2O5. The molecule has 0 aromatic heterocycles. The van der Waals surface area contributed by atoms with Crippen LogP contribution in [0, 0.1) is 29.1 Å². The van der Waals surface area contributed by atoms with E-state index in [-0.39, 0.29) is 17.2 Å². The third kappa shape index (κ3) is 2.59. The highest BCUT2D eigenvalue weighted by Crippen LogP contribution is 2.80. The van der Waals surface area contributed by atoms with Gasteiger partial charge in [0, 0.05) is 48.6 Å². The van der Waals surface area contributed by atoms with Gasteiger partial charge >= 0.3 is 0 Å². The molecule has 3 spiro atoms. The summed E-state index contributed by atoms with van der Waals surface area (Å²) in [6.07, 6.45) is 8.72. The summed E-state index contributed by atoms with van der Waals surface area (Å²) in [5.41, 5.74) is 5.21. The summed E-state index contributed by atoms with van der Waals surface area (Å²) >= 11 is 0. The van der Waals surface area contributed by atoms with Crippen LogP contribution in [-0.4, -0.2) is 40.3 Å². The minimum Gasteiger partial charge on any atom is -0.389 e. The Morgan fingerprint density at radius 3 is 2.53 bits per heavy atom. The third-order valence-electron chi connectivity index (χ3n) is 9.56. The van der Waals surface area contributed by atoms with Gasteiger partial charge in [-0.25, -0.2) is 0 Å². The Bertz CT molecular complexity index is 755. The molecule has 0 radical (unpaired) electrons. The molecule has 4 N–H and O–H groups in total. The van der Waals surface area contributed by atoms with Crippen LogP contribution in [0.15, 0.2) is 0 Å². The Balaban J connectivity index is 1.09. The third-order valence-corrected chi connectivity index (χ3v) is 9.56. The molecule has 0 aromatic rings. The summed E-state index contributed by atoms with van der Waals surface area (Å²) in [6.45, 7) is 4.31. The number of hydrogen-bond acceptors (Lipinski definition) is 6. The van der Waals surface area contributed by atoms with E-state index in [1.54, 1.807) is 0 Å². The van der Waals surface area contributed by atoms with Gasteiger partial charge in [0.25, 0.3) is 0 Å². The summed E-state index contributed by atoms with van der Waals surface area (Å²) in [5, 5.41) is 14.1. The summed E-state index contributed by atoms with van der Waals surface area (Å²) in [4.78, 5) is 24.4. The number of carbonyl (C=O) groups is 1. The van der Waals surface area contributed by atoms with Gasteiger partial charge in [-0.1, -0.05) is 0 Å². The van der Waals surface area contributed by atoms with Gasteiger partial charge in [0.1, 0.15) is 0 Å². The number of carbonyl (C=O) groups excluding carboxylic acids is 1. The molecule has 1 saturated heterocycles. The molecule has 0 aromatic carbocycles. The van der Waals surface area contributed by atoms with E-state index in [0.29, 0.717) is 30.7 Å². The van der Waals surface area contributed by atoms with Crippen LogP contribution >= 0.6 is 0 Å². The van der Waals surface area contributed by atoms with Gasteiger partial charge in [-0.2, -0.15) is 9.78 Å². The van der Waals surface area contributed by atoms with Crippen LogP contribution in [0.5, 0.6) is 0 Å². The highest BCUT2D eigenvalue weighted by molar-refractivity contribution is 5.76. The maximum Gasteiger partial charge on any atom is 0.220 e. The van der Waals surface area contributed by atoms with E-state index in [9.17, 15) is 9.90 Å². The molecule has 168 valence electrons. The molecule has 1 aliphatic heterocycles. The van der Waals surface area contributed by atoms with Crippen molar-refractivity contribution >= 4 is 5.91 Å². The lowest BCUT2D eigenvalue weighted by molar-refractivity contribution is -0.375. The van der Waals surface area contributed by atoms with Crippen molar-refractivity contribution in [2.24, 2.45) is 34.8 Å². The number of amides is 1. The molecule has 3 bridgehead atoms. The topological polar surface area (TPSA) is 103 Å². The van der Waals surface area contributed by atoms with E-state index in [0.717, 1.165) is 57.8 Å². The van der Waals surface area contributed by atoms with Gasteiger partial charge < -0.3 is 20.9 Å². The average Bonchev–Trinajstić information content (AvgIpc) is 3.24. The zero-order chi connectivity index (χ0) is 21.0. The Hall–Kier alpha value is -0.730. The molecule has 5 aliphatic carbocycles. The van der Waals surface area contributed by atoms with E-state index in [1.807, 2.05) is 13.8 Å². The molecule has 4 unspecified atom stereocenters. The van der Waals surface area contributed by atoms with Crippen LogP contribution in [-0.2, 0) is 19.3 Å². The minimum absolute atomic E-state index is 0.0726. The van der Waals surface area contributed by atoms with E-state index in [4.69, 9.17) is 20.2 Å². The van der Waals surface area contributed by atoms with E-state index in [2.05, 4.69) is 5.32 Å². The molecule has 6 rings (SSSR count). The fourth-order valence-electron chi connectivity index (χ4n) is 8.09. The first-order chi connectivity index (χ1) is 14.1. The van der Waals surface area contributed by atoms with Gasteiger partial charge in [-0.05, 0) is 70.6 Å². The van der Waals surface area contributed by atoms with Gasteiger partial charge in [0.15, 0.2) is 0 Å². The van der Waals surface area contributed by atoms with Crippen LogP contribution in [0.1, 0.15) is 78.1 Å². The normalized spacial score (nSPS) is 53.3. The predicted octanol–water partition coefficient (Wildman–Crippen LogP) is 2.36. The second-order valence-electron chi connectivity index (χ2n) is 12.1. The van der Waals surface area contributed by atoms with Gasteiger partial charge in [0.05, 0.1) is 5.60 Å². The number of nitrogens with two attached hydrogens (primary N) is 1. The molecule has 1 heterocycles. The second-order valence-corrected chi connectivity index (χ2v) is 12.1. The van der Waals surface area contributed by atoms with Crippen molar-refractivity contribution in [3.63, 3.8) is 0 Å². The van der Waals surface area contributed by atoms with Crippen molar-refractivity contribution in [3.8, 4) is 0 Å².